The lowest BCUT2D eigenvalue weighted by molar-refractivity contribution is 0.166. The first-order valence-corrected chi connectivity index (χ1v) is 6.63. The summed E-state index contributed by atoms with van der Waals surface area (Å²) in [5.41, 5.74) is 0. The van der Waals surface area contributed by atoms with Crippen LogP contribution in [-0.4, -0.2) is 12.1 Å². The van der Waals surface area contributed by atoms with Gasteiger partial charge in [0.25, 0.3) is 0 Å². The first kappa shape index (κ1) is 12.7. The van der Waals surface area contributed by atoms with Crippen molar-refractivity contribution in [1.29, 1.82) is 0 Å². The molecular formula is C14H20N2O2. The molecule has 0 aromatic carbocycles. The summed E-state index contributed by atoms with van der Waals surface area (Å²) in [7, 11) is 0. The molecule has 18 heavy (non-hydrogen) atoms. The molecule has 1 saturated carbocycles. The van der Waals surface area contributed by atoms with Gasteiger partial charge in [-0.15, -0.1) is 0 Å². The highest BCUT2D eigenvalue weighted by Gasteiger charge is 2.16. The predicted octanol–water partition coefficient (Wildman–Crippen LogP) is 2.95. The molecule has 98 valence electrons. The van der Waals surface area contributed by atoms with Crippen molar-refractivity contribution in [3.63, 3.8) is 0 Å². The summed E-state index contributed by atoms with van der Waals surface area (Å²) in [6, 6.07) is 0.262. The maximum Gasteiger partial charge on any atom is 0.414 e. The van der Waals surface area contributed by atoms with Crippen LogP contribution in [0.1, 0.15) is 38.5 Å². The van der Waals surface area contributed by atoms with Gasteiger partial charge in [-0.25, -0.2) is 4.79 Å². The van der Waals surface area contributed by atoms with Crippen molar-refractivity contribution in [3.8, 4) is 0 Å². The number of hydrogen-bond donors (Lipinski definition) is 2. The van der Waals surface area contributed by atoms with Crippen LogP contribution in [0.2, 0.25) is 0 Å². The molecule has 1 heterocycles. The molecule has 1 aliphatic carbocycles. The van der Waals surface area contributed by atoms with E-state index in [4.69, 9.17) is 4.74 Å². The number of rotatable bonds is 2. The van der Waals surface area contributed by atoms with E-state index in [1.807, 2.05) is 18.2 Å². The van der Waals surface area contributed by atoms with Crippen molar-refractivity contribution >= 4 is 6.09 Å². The molecule has 4 heteroatoms. The van der Waals surface area contributed by atoms with Gasteiger partial charge in [0.05, 0.1) is 0 Å². The van der Waals surface area contributed by atoms with Crippen LogP contribution in [0.3, 0.4) is 0 Å². The maximum absolute atomic E-state index is 11.7. The Bertz CT molecular complexity index is 364. The molecule has 1 amide bonds. The lowest BCUT2D eigenvalue weighted by Crippen LogP contribution is -2.35. The molecule has 0 aromatic rings. The zero-order valence-corrected chi connectivity index (χ0v) is 10.5. The number of amides is 1. The summed E-state index contributed by atoms with van der Waals surface area (Å²) in [6.07, 6.45) is 15.7. The first-order chi connectivity index (χ1) is 8.84. The lowest BCUT2D eigenvalue weighted by Gasteiger charge is -2.16. The van der Waals surface area contributed by atoms with Gasteiger partial charge in [-0.3, -0.25) is 0 Å². The summed E-state index contributed by atoms with van der Waals surface area (Å²) in [5, 5.41) is 5.83. The van der Waals surface area contributed by atoms with Crippen LogP contribution in [-0.2, 0) is 4.74 Å². The van der Waals surface area contributed by atoms with Gasteiger partial charge >= 0.3 is 6.09 Å². The average Bonchev–Trinajstić information content (AvgIpc) is 2.74. The maximum atomic E-state index is 11.7. The average molecular weight is 248 g/mol. The van der Waals surface area contributed by atoms with Crippen LogP contribution >= 0.6 is 0 Å². The Morgan fingerprint density at radius 1 is 1.17 bits per heavy atom. The summed E-state index contributed by atoms with van der Waals surface area (Å²) >= 11 is 0. The molecule has 2 aliphatic rings. The minimum absolute atomic E-state index is 0.262. The van der Waals surface area contributed by atoms with E-state index in [0.717, 1.165) is 12.8 Å². The van der Waals surface area contributed by atoms with E-state index in [-0.39, 0.29) is 12.1 Å². The van der Waals surface area contributed by atoms with E-state index in [9.17, 15) is 4.79 Å². The highest BCUT2D eigenvalue weighted by Crippen LogP contribution is 2.17. The molecule has 1 fully saturated rings. The molecule has 0 bridgehead atoms. The second-order valence-electron chi connectivity index (χ2n) is 4.64. The third-order valence-corrected chi connectivity index (χ3v) is 3.17. The van der Waals surface area contributed by atoms with Crippen molar-refractivity contribution in [2.45, 2.75) is 44.6 Å². The van der Waals surface area contributed by atoms with E-state index < -0.39 is 0 Å². The van der Waals surface area contributed by atoms with Crippen LogP contribution in [0, 0.1) is 0 Å². The minimum Gasteiger partial charge on any atom is -0.393 e. The second-order valence-corrected chi connectivity index (χ2v) is 4.64. The highest BCUT2D eigenvalue weighted by molar-refractivity contribution is 5.68. The van der Waals surface area contributed by atoms with Crippen molar-refractivity contribution in [1.82, 2.24) is 10.6 Å². The largest absolute Gasteiger partial charge is 0.414 e. The van der Waals surface area contributed by atoms with Gasteiger partial charge in [0.2, 0.25) is 5.88 Å². The molecule has 0 aromatic heterocycles. The second kappa shape index (κ2) is 6.89. The van der Waals surface area contributed by atoms with E-state index in [0.29, 0.717) is 5.88 Å². The molecule has 0 unspecified atom stereocenters. The van der Waals surface area contributed by atoms with Gasteiger partial charge in [0, 0.05) is 12.2 Å². The zero-order chi connectivity index (χ0) is 12.6. The molecule has 0 saturated heterocycles. The Morgan fingerprint density at radius 3 is 2.72 bits per heavy atom. The normalized spacial score (nSPS) is 20.3. The standard InChI is InChI=1S/C14H20N2O2/c17-14(16-12-8-4-1-2-5-9-12)18-13-10-6-3-7-11-15-13/h3,6-7,10-12,15H,1-2,4-5,8-9H2,(H,16,17). The number of carbonyl (C=O) groups is 1. The van der Waals surface area contributed by atoms with E-state index in [2.05, 4.69) is 10.6 Å². The van der Waals surface area contributed by atoms with Gasteiger partial charge in [-0.05, 0) is 25.0 Å². The van der Waals surface area contributed by atoms with Gasteiger partial charge < -0.3 is 15.4 Å². The summed E-state index contributed by atoms with van der Waals surface area (Å²) in [4.78, 5) is 11.7. The highest BCUT2D eigenvalue weighted by atomic mass is 16.6. The number of allylic oxidation sites excluding steroid dienone is 4. The Labute approximate surface area is 108 Å². The third kappa shape index (κ3) is 4.28. The van der Waals surface area contributed by atoms with Crippen molar-refractivity contribution in [2.24, 2.45) is 0 Å². The Hall–Kier alpha value is -1.71. The number of hydrogen-bond acceptors (Lipinski definition) is 3. The summed E-state index contributed by atoms with van der Waals surface area (Å²) in [6.45, 7) is 0. The van der Waals surface area contributed by atoms with Gasteiger partial charge in [0.1, 0.15) is 0 Å². The van der Waals surface area contributed by atoms with Crippen LogP contribution in [0.25, 0.3) is 0 Å². The van der Waals surface area contributed by atoms with Crippen molar-refractivity contribution in [2.75, 3.05) is 0 Å². The molecule has 2 N–H and O–H groups in total. The van der Waals surface area contributed by atoms with Crippen molar-refractivity contribution < 1.29 is 9.53 Å². The SMILES string of the molecule is O=C(NC1CCCCCC1)OC1=CC=CC=CN1. The Morgan fingerprint density at radius 2 is 1.94 bits per heavy atom. The molecule has 1 aliphatic heterocycles. The number of alkyl carbamates (subject to hydrolysis) is 1. The predicted molar refractivity (Wildman–Crippen MR) is 70.6 cm³/mol. The van der Waals surface area contributed by atoms with Gasteiger partial charge in [-0.1, -0.05) is 37.8 Å². The summed E-state index contributed by atoms with van der Waals surface area (Å²) in [5.74, 6) is 0.450. The van der Waals surface area contributed by atoms with Gasteiger partial charge in [0.15, 0.2) is 0 Å². The third-order valence-electron chi connectivity index (χ3n) is 3.17. The van der Waals surface area contributed by atoms with Crippen LogP contribution in [0.4, 0.5) is 4.79 Å². The number of nitrogens with one attached hydrogen (secondary N) is 2. The van der Waals surface area contributed by atoms with E-state index in [1.165, 1.54) is 25.7 Å². The smallest absolute Gasteiger partial charge is 0.393 e. The molecule has 0 atom stereocenters. The minimum atomic E-state index is -0.371. The first-order valence-electron chi connectivity index (χ1n) is 6.63. The Kier molecular flexibility index (Phi) is 4.88. The quantitative estimate of drug-likeness (QED) is 0.739. The fraction of sp³-hybridized carbons (Fsp3) is 0.500. The van der Waals surface area contributed by atoms with Crippen LogP contribution < -0.4 is 10.6 Å². The van der Waals surface area contributed by atoms with Crippen molar-refractivity contribution in [3.05, 3.63) is 36.4 Å². The van der Waals surface area contributed by atoms with E-state index >= 15 is 0 Å². The topological polar surface area (TPSA) is 50.4 Å². The van der Waals surface area contributed by atoms with Crippen LogP contribution in [0.5, 0.6) is 0 Å². The molecular weight excluding hydrogens is 228 g/mol. The fourth-order valence-corrected chi connectivity index (χ4v) is 2.22. The lowest BCUT2D eigenvalue weighted by atomic mass is 10.1. The number of carbonyl (C=O) groups excluding carboxylic acids is 1. The molecule has 2 rings (SSSR count). The fourth-order valence-electron chi connectivity index (χ4n) is 2.22. The molecule has 4 nitrogen and oxygen atoms in total. The summed E-state index contributed by atoms with van der Waals surface area (Å²) < 4.78 is 5.21. The van der Waals surface area contributed by atoms with Gasteiger partial charge in [-0.2, -0.15) is 0 Å². The number of ether oxygens (including phenoxy) is 1. The molecule has 0 radical (unpaired) electrons. The molecule has 0 spiro atoms. The van der Waals surface area contributed by atoms with Crippen LogP contribution in [0.15, 0.2) is 36.4 Å². The monoisotopic (exact) mass is 248 g/mol. The van der Waals surface area contributed by atoms with E-state index in [1.54, 1.807) is 12.3 Å². The Balaban J connectivity index is 1.78. The zero-order valence-electron chi connectivity index (χ0n) is 10.5.